The number of nitrogens with zero attached hydrogens (tertiary/aromatic N) is 1. The minimum absolute atomic E-state index is 0.321. The van der Waals surface area contributed by atoms with Crippen molar-refractivity contribution in [2.45, 2.75) is 32.3 Å². The second-order valence-corrected chi connectivity index (χ2v) is 5.36. The number of rotatable bonds is 1. The summed E-state index contributed by atoms with van der Waals surface area (Å²) in [5.41, 5.74) is 4.44. The standard InChI is InChI=1S/C15H16ClNO/c1-10-5-6-12(16)14(9-10)17-8-7-11-13(17)3-2-4-15(11)18/h5-9,15,18H,2-4H2,1H3. The largest absolute Gasteiger partial charge is 0.388 e. The van der Waals surface area contributed by atoms with Crippen molar-refractivity contribution in [1.29, 1.82) is 0 Å². The van der Waals surface area contributed by atoms with Crippen molar-refractivity contribution in [3.8, 4) is 5.69 Å². The fourth-order valence-electron chi connectivity index (χ4n) is 2.70. The molecule has 0 aliphatic heterocycles. The molecule has 0 bridgehead atoms. The zero-order chi connectivity index (χ0) is 12.7. The molecule has 1 aliphatic carbocycles. The Balaban J connectivity index is 2.15. The normalized spacial score (nSPS) is 18.7. The van der Waals surface area contributed by atoms with Crippen molar-refractivity contribution < 1.29 is 5.11 Å². The zero-order valence-electron chi connectivity index (χ0n) is 10.4. The van der Waals surface area contributed by atoms with E-state index in [1.807, 2.05) is 24.4 Å². The molecule has 2 aromatic rings. The second kappa shape index (κ2) is 4.45. The molecule has 0 spiro atoms. The van der Waals surface area contributed by atoms with E-state index in [0.29, 0.717) is 0 Å². The van der Waals surface area contributed by atoms with Gasteiger partial charge in [-0.25, -0.2) is 0 Å². The summed E-state index contributed by atoms with van der Waals surface area (Å²) in [6.45, 7) is 2.06. The Morgan fingerprint density at radius 3 is 3.00 bits per heavy atom. The average Bonchev–Trinajstić information content (AvgIpc) is 2.77. The Labute approximate surface area is 112 Å². The van der Waals surface area contributed by atoms with Crippen LogP contribution in [-0.2, 0) is 6.42 Å². The predicted octanol–water partition coefficient (Wildman–Crippen LogP) is 3.81. The molecule has 3 heteroatoms. The third-order valence-electron chi connectivity index (χ3n) is 3.64. The maximum Gasteiger partial charge on any atom is 0.0807 e. The first-order valence-electron chi connectivity index (χ1n) is 6.31. The molecule has 1 heterocycles. The maximum absolute atomic E-state index is 10.00. The fraction of sp³-hybridized carbons (Fsp3) is 0.333. The van der Waals surface area contributed by atoms with Crippen LogP contribution in [0.2, 0.25) is 5.02 Å². The van der Waals surface area contributed by atoms with E-state index in [0.717, 1.165) is 35.5 Å². The third-order valence-corrected chi connectivity index (χ3v) is 3.96. The van der Waals surface area contributed by atoms with Crippen LogP contribution in [-0.4, -0.2) is 9.67 Å². The predicted molar refractivity (Wildman–Crippen MR) is 73.4 cm³/mol. The molecule has 0 radical (unpaired) electrons. The summed E-state index contributed by atoms with van der Waals surface area (Å²) in [7, 11) is 0. The van der Waals surface area contributed by atoms with Gasteiger partial charge in [-0.05, 0) is 49.9 Å². The highest BCUT2D eigenvalue weighted by Crippen LogP contribution is 2.33. The molecule has 0 saturated heterocycles. The van der Waals surface area contributed by atoms with Gasteiger partial charge in [0.15, 0.2) is 0 Å². The van der Waals surface area contributed by atoms with Crippen LogP contribution < -0.4 is 0 Å². The summed E-state index contributed by atoms with van der Waals surface area (Å²) in [5.74, 6) is 0. The highest BCUT2D eigenvalue weighted by Gasteiger charge is 2.22. The summed E-state index contributed by atoms with van der Waals surface area (Å²) in [6, 6.07) is 8.04. The van der Waals surface area contributed by atoms with Gasteiger partial charge >= 0.3 is 0 Å². The Kier molecular flexibility index (Phi) is 2.92. The van der Waals surface area contributed by atoms with Gasteiger partial charge < -0.3 is 9.67 Å². The van der Waals surface area contributed by atoms with Gasteiger partial charge in [-0.1, -0.05) is 17.7 Å². The number of aliphatic hydroxyl groups is 1. The van der Waals surface area contributed by atoms with Crippen molar-refractivity contribution in [2.75, 3.05) is 0 Å². The minimum atomic E-state index is -0.321. The molecule has 1 unspecified atom stereocenters. The highest BCUT2D eigenvalue weighted by molar-refractivity contribution is 6.32. The van der Waals surface area contributed by atoms with Gasteiger partial charge in [-0.2, -0.15) is 0 Å². The van der Waals surface area contributed by atoms with Crippen LogP contribution in [0.1, 0.15) is 35.8 Å². The van der Waals surface area contributed by atoms with Gasteiger partial charge in [-0.3, -0.25) is 0 Å². The van der Waals surface area contributed by atoms with Crippen molar-refractivity contribution in [1.82, 2.24) is 4.57 Å². The van der Waals surface area contributed by atoms with Crippen LogP contribution in [0.4, 0.5) is 0 Å². The van der Waals surface area contributed by atoms with Crippen molar-refractivity contribution in [3.05, 3.63) is 52.3 Å². The van der Waals surface area contributed by atoms with E-state index in [4.69, 9.17) is 11.6 Å². The first kappa shape index (κ1) is 11.8. The van der Waals surface area contributed by atoms with Crippen LogP contribution in [0, 0.1) is 6.92 Å². The highest BCUT2D eigenvalue weighted by atomic mass is 35.5. The first-order valence-corrected chi connectivity index (χ1v) is 6.69. The summed E-state index contributed by atoms with van der Waals surface area (Å²) in [4.78, 5) is 0. The van der Waals surface area contributed by atoms with E-state index in [1.165, 1.54) is 11.3 Å². The van der Waals surface area contributed by atoms with Crippen LogP contribution in [0.3, 0.4) is 0 Å². The lowest BCUT2D eigenvalue weighted by Gasteiger charge is -2.20. The van der Waals surface area contributed by atoms with Crippen LogP contribution in [0.5, 0.6) is 0 Å². The molecule has 1 atom stereocenters. The number of hydrogen-bond donors (Lipinski definition) is 1. The minimum Gasteiger partial charge on any atom is -0.388 e. The number of aryl methyl sites for hydroxylation is 1. The van der Waals surface area contributed by atoms with E-state index in [-0.39, 0.29) is 6.10 Å². The number of hydrogen-bond acceptors (Lipinski definition) is 1. The molecule has 94 valence electrons. The first-order chi connectivity index (χ1) is 8.66. The molecule has 0 amide bonds. The van der Waals surface area contributed by atoms with Crippen molar-refractivity contribution >= 4 is 11.6 Å². The van der Waals surface area contributed by atoms with Crippen LogP contribution in [0.25, 0.3) is 5.69 Å². The van der Waals surface area contributed by atoms with Crippen molar-refractivity contribution in [3.63, 3.8) is 0 Å². The number of fused-ring (bicyclic) bond motifs is 1. The lowest BCUT2D eigenvalue weighted by molar-refractivity contribution is 0.156. The molecule has 0 saturated carbocycles. The lowest BCUT2D eigenvalue weighted by Crippen LogP contribution is -2.11. The molecule has 1 aliphatic rings. The topological polar surface area (TPSA) is 25.2 Å². The van der Waals surface area contributed by atoms with E-state index < -0.39 is 0 Å². The molecular weight excluding hydrogens is 246 g/mol. The molecule has 18 heavy (non-hydrogen) atoms. The zero-order valence-corrected chi connectivity index (χ0v) is 11.1. The number of aromatic nitrogens is 1. The van der Waals surface area contributed by atoms with Crippen molar-refractivity contribution in [2.24, 2.45) is 0 Å². The van der Waals surface area contributed by atoms with Crippen LogP contribution in [0.15, 0.2) is 30.5 Å². The summed E-state index contributed by atoms with van der Waals surface area (Å²) in [5, 5.41) is 10.7. The van der Waals surface area contributed by atoms with E-state index in [9.17, 15) is 5.11 Å². The second-order valence-electron chi connectivity index (χ2n) is 4.95. The van der Waals surface area contributed by atoms with E-state index >= 15 is 0 Å². The number of benzene rings is 1. The van der Waals surface area contributed by atoms with Gasteiger partial charge in [0, 0.05) is 17.5 Å². The molecule has 0 fully saturated rings. The smallest absolute Gasteiger partial charge is 0.0807 e. The number of halogens is 1. The molecular formula is C15H16ClNO. The van der Waals surface area contributed by atoms with Gasteiger partial charge in [0.1, 0.15) is 0 Å². The Hall–Kier alpha value is -1.25. The molecule has 2 nitrogen and oxygen atoms in total. The molecule has 1 aromatic heterocycles. The SMILES string of the molecule is Cc1ccc(Cl)c(-n2ccc3c2CCCC3O)c1. The lowest BCUT2D eigenvalue weighted by atomic mass is 9.95. The monoisotopic (exact) mass is 261 g/mol. The van der Waals surface area contributed by atoms with Crippen LogP contribution >= 0.6 is 11.6 Å². The maximum atomic E-state index is 10.00. The molecule has 1 aromatic carbocycles. The Morgan fingerprint density at radius 1 is 1.33 bits per heavy atom. The summed E-state index contributed by atoms with van der Waals surface area (Å²) >= 11 is 6.28. The number of aliphatic hydroxyl groups excluding tert-OH is 1. The molecule has 3 rings (SSSR count). The Bertz CT molecular complexity index is 588. The fourth-order valence-corrected chi connectivity index (χ4v) is 2.91. The summed E-state index contributed by atoms with van der Waals surface area (Å²) < 4.78 is 2.12. The van der Waals surface area contributed by atoms with Gasteiger partial charge in [0.2, 0.25) is 0 Å². The summed E-state index contributed by atoms with van der Waals surface area (Å²) in [6.07, 6.45) is 4.59. The average molecular weight is 262 g/mol. The van der Waals surface area contributed by atoms with Gasteiger partial charge in [0.25, 0.3) is 0 Å². The third kappa shape index (κ3) is 1.86. The Morgan fingerprint density at radius 2 is 2.17 bits per heavy atom. The quantitative estimate of drug-likeness (QED) is 0.830. The molecule has 1 N–H and O–H groups in total. The van der Waals surface area contributed by atoms with E-state index in [2.05, 4.69) is 17.6 Å². The van der Waals surface area contributed by atoms with E-state index in [1.54, 1.807) is 0 Å². The van der Waals surface area contributed by atoms with Gasteiger partial charge in [-0.15, -0.1) is 0 Å². The van der Waals surface area contributed by atoms with Gasteiger partial charge in [0.05, 0.1) is 16.8 Å².